The summed E-state index contributed by atoms with van der Waals surface area (Å²) in [6, 6.07) is 18.5. The lowest BCUT2D eigenvalue weighted by atomic mass is 10.0. The molecule has 2 aromatic carbocycles. The molecule has 1 saturated heterocycles. The van der Waals surface area contributed by atoms with E-state index in [1.54, 1.807) is 34.5 Å². The van der Waals surface area contributed by atoms with Gasteiger partial charge in [0.05, 0.1) is 0 Å². The van der Waals surface area contributed by atoms with Crippen LogP contribution in [-0.4, -0.2) is 38.4 Å². The van der Waals surface area contributed by atoms with E-state index in [0.717, 1.165) is 5.56 Å². The van der Waals surface area contributed by atoms with Gasteiger partial charge in [-0.3, -0.25) is 4.79 Å². The summed E-state index contributed by atoms with van der Waals surface area (Å²) in [5.74, 6) is 0.585. The Kier molecular flexibility index (Phi) is 6.93. The van der Waals surface area contributed by atoms with Crippen molar-refractivity contribution in [2.24, 2.45) is 0 Å². The molecule has 3 aromatic rings. The van der Waals surface area contributed by atoms with Crippen LogP contribution < -0.4 is 9.46 Å². The van der Waals surface area contributed by atoms with Crippen LogP contribution in [0.15, 0.2) is 70.3 Å². The minimum Gasteiger partial charge on any atom is -0.489 e. The monoisotopic (exact) mass is 470 g/mol. The van der Waals surface area contributed by atoms with Crippen molar-refractivity contribution >= 4 is 27.3 Å². The molecule has 32 heavy (non-hydrogen) atoms. The van der Waals surface area contributed by atoms with Crippen molar-refractivity contribution in [3.05, 3.63) is 82.7 Å². The highest BCUT2D eigenvalue weighted by atomic mass is 32.2. The topological polar surface area (TPSA) is 75.7 Å². The van der Waals surface area contributed by atoms with Crippen molar-refractivity contribution in [2.75, 3.05) is 13.1 Å². The summed E-state index contributed by atoms with van der Waals surface area (Å²) in [5.41, 5.74) is 2.83. The van der Waals surface area contributed by atoms with E-state index in [0.29, 0.717) is 48.1 Å². The van der Waals surface area contributed by atoms with Crippen LogP contribution in [0.5, 0.6) is 5.75 Å². The largest absolute Gasteiger partial charge is 0.489 e. The Hall–Kier alpha value is -2.68. The third-order valence-corrected chi connectivity index (χ3v) is 8.35. The lowest BCUT2D eigenvalue weighted by Crippen LogP contribution is -2.46. The van der Waals surface area contributed by atoms with Gasteiger partial charge in [-0.1, -0.05) is 42.0 Å². The molecule has 1 aromatic heterocycles. The molecule has 8 heteroatoms. The molecule has 0 bridgehead atoms. The van der Waals surface area contributed by atoms with E-state index < -0.39 is 10.0 Å². The molecule has 1 aliphatic rings. The van der Waals surface area contributed by atoms with Gasteiger partial charge in [0.25, 0.3) is 5.91 Å². The second-order valence-corrected chi connectivity index (χ2v) is 10.8. The molecule has 1 aliphatic heterocycles. The number of sulfonamides is 1. The number of carbonyl (C=O) groups excluding carboxylic acids is 1. The molecule has 1 fully saturated rings. The van der Waals surface area contributed by atoms with Crippen LogP contribution in [0, 0.1) is 6.92 Å². The first kappa shape index (κ1) is 22.5. The van der Waals surface area contributed by atoms with Crippen molar-refractivity contribution in [1.29, 1.82) is 0 Å². The predicted octanol–water partition coefficient (Wildman–Crippen LogP) is 4.22. The summed E-state index contributed by atoms with van der Waals surface area (Å²) in [4.78, 5) is 14.8. The zero-order valence-electron chi connectivity index (χ0n) is 17.9. The molecule has 1 amide bonds. The Balaban J connectivity index is 1.32. The summed E-state index contributed by atoms with van der Waals surface area (Å²) in [5, 5.41) is 1.74. The van der Waals surface area contributed by atoms with Crippen LogP contribution in [0.1, 0.15) is 34.3 Å². The van der Waals surface area contributed by atoms with Crippen LogP contribution in [0.4, 0.5) is 0 Å². The number of likely N-dealkylation sites (tertiary alicyclic amines) is 1. The number of carbonyl (C=O) groups is 1. The van der Waals surface area contributed by atoms with E-state index in [1.165, 1.54) is 16.9 Å². The van der Waals surface area contributed by atoms with Crippen LogP contribution in [0.25, 0.3) is 0 Å². The van der Waals surface area contributed by atoms with E-state index in [9.17, 15) is 13.2 Å². The van der Waals surface area contributed by atoms with Crippen LogP contribution in [-0.2, 0) is 16.6 Å². The second kappa shape index (κ2) is 9.85. The van der Waals surface area contributed by atoms with E-state index in [-0.39, 0.29) is 11.9 Å². The number of benzene rings is 2. The van der Waals surface area contributed by atoms with Gasteiger partial charge >= 0.3 is 0 Å². The maximum Gasteiger partial charge on any atom is 0.253 e. The highest BCUT2D eigenvalue weighted by Crippen LogP contribution is 2.21. The maximum absolute atomic E-state index is 13.0. The molecule has 0 aliphatic carbocycles. The van der Waals surface area contributed by atoms with E-state index in [4.69, 9.17) is 4.74 Å². The number of piperidine rings is 1. The van der Waals surface area contributed by atoms with Gasteiger partial charge in [-0.05, 0) is 55.0 Å². The summed E-state index contributed by atoms with van der Waals surface area (Å²) >= 11 is 1.20. The average molecular weight is 471 g/mol. The maximum atomic E-state index is 13.0. The van der Waals surface area contributed by atoms with Gasteiger partial charge in [0.15, 0.2) is 0 Å². The fourth-order valence-corrected chi connectivity index (χ4v) is 6.08. The predicted molar refractivity (Wildman–Crippen MR) is 126 cm³/mol. The zero-order valence-corrected chi connectivity index (χ0v) is 19.5. The summed E-state index contributed by atoms with van der Waals surface area (Å²) in [6.45, 7) is 3.49. The van der Waals surface area contributed by atoms with Crippen molar-refractivity contribution in [3.8, 4) is 5.75 Å². The Morgan fingerprint density at radius 2 is 1.88 bits per heavy atom. The summed E-state index contributed by atoms with van der Waals surface area (Å²) in [6.07, 6.45) is 1.17. The molecule has 0 spiro atoms. The normalized spacial score (nSPS) is 15.0. The van der Waals surface area contributed by atoms with Crippen molar-refractivity contribution < 1.29 is 17.9 Å². The van der Waals surface area contributed by atoms with Gasteiger partial charge in [-0.2, -0.15) is 0 Å². The van der Waals surface area contributed by atoms with Crippen LogP contribution in [0.3, 0.4) is 0 Å². The molecule has 0 radical (unpaired) electrons. The quantitative estimate of drug-likeness (QED) is 0.561. The van der Waals surface area contributed by atoms with Gasteiger partial charge in [0.2, 0.25) is 10.0 Å². The first-order valence-corrected chi connectivity index (χ1v) is 12.9. The van der Waals surface area contributed by atoms with Gasteiger partial charge < -0.3 is 9.64 Å². The molecule has 0 unspecified atom stereocenters. The summed E-state index contributed by atoms with van der Waals surface area (Å²) < 4.78 is 33.8. The Labute approximate surface area is 192 Å². The number of rotatable bonds is 7. The fraction of sp³-hybridized carbons (Fsp3) is 0.292. The van der Waals surface area contributed by atoms with Crippen molar-refractivity contribution in [2.45, 2.75) is 36.6 Å². The SMILES string of the molecule is Cc1cccc(COc2cccc(C(=O)N3CCC(NS(=O)(=O)c4cccs4)CC3)c2)c1. The highest BCUT2D eigenvalue weighted by molar-refractivity contribution is 7.91. The Morgan fingerprint density at radius 3 is 2.59 bits per heavy atom. The Morgan fingerprint density at radius 1 is 1.09 bits per heavy atom. The third-order valence-electron chi connectivity index (χ3n) is 5.43. The standard InChI is InChI=1S/C24H26N2O4S2/c1-18-5-2-6-19(15-18)17-30-22-8-3-7-20(16-22)24(27)26-12-10-21(11-13-26)25-32(28,29)23-9-4-14-31-23/h2-9,14-16,21,25H,10-13,17H2,1H3. The van der Waals surface area contributed by atoms with Crippen molar-refractivity contribution in [1.82, 2.24) is 9.62 Å². The lowest BCUT2D eigenvalue weighted by molar-refractivity contribution is 0.0711. The van der Waals surface area contributed by atoms with Gasteiger partial charge in [0, 0.05) is 24.7 Å². The van der Waals surface area contributed by atoms with E-state index in [2.05, 4.69) is 10.8 Å². The molecular weight excluding hydrogens is 444 g/mol. The number of amides is 1. The Bertz CT molecular complexity index is 1170. The lowest BCUT2D eigenvalue weighted by Gasteiger charge is -2.32. The van der Waals surface area contributed by atoms with Gasteiger partial charge in [0.1, 0.15) is 16.6 Å². The van der Waals surface area contributed by atoms with Crippen LogP contribution >= 0.6 is 11.3 Å². The third kappa shape index (κ3) is 5.56. The number of ether oxygens (including phenoxy) is 1. The van der Waals surface area contributed by atoms with Crippen LogP contribution in [0.2, 0.25) is 0 Å². The number of nitrogens with one attached hydrogen (secondary N) is 1. The number of thiophene rings is 1. The molecule has 168 valence electrons. The molecule has 2 heterocycles. The number of nitrogens with zero attached hydrogens (tertiary/aromatic N) is 1. The minimum absolute atomic E-state index is 0.0643. The first-order chi connectivity index (χ1) is 15.4. The molecule has 1 N–H and O–H groups in total. The molecule has 0 saturated carbocycles. The van der Waals surface area contributed by atoms with Crippen molar-refractivity contribution in [3.63, 3.8) is 0 Å². The van der Waals surface area contributed by atoms with E-state index >= 15 is 0 Å². The first-order valence-electron chi connectivity index (χ1n) is 10.5. The van der Waals surface area contributed by atoms with E-state index in [1.807, 2.05) is 37.3 Å². The molecule has 4 rings (SSSR count). The smallest absolute Gasteiger partial charge is 0.253 e. The fourth-order valence-electron chi connectivity index (χ4n) is 3.76. The number of hydrogen-bond donors (Lipinski definition) is 1. The second-order valence-electron chi connectivity index (χ2n) is 7.93. The molecule has 6 nitrogen and oxygen atoms in total. The zero-order chi connectivity index (χ0) is 22.6. The number of hydrogen-bond acceptors (Lipinski definition) is 5. The van der Waals surface area contributed by atoms with Gasteiger partial charge in [-0.15, -0.1) is 11.3 Å². The minimum atomic E-state index is -3.50. The molecular formula is C24H26N2O4S2. The highest BCUT2D eigenvalue weighted by Gasteiger charge is 2.27. The van der Waals surface area contributed by atoms with Gasteiger partial charge in [-0.25, -0.2) is 13.1 Å². The molecule has 0 atom stereocenters. The number of aryl methyl sites for hydroxylation is 1. The average Bonchev–Trinajstić information content (AvgIpc) is 3.34. The summed E-state index contributed by atoms with van der Waals surface area (Å²) in [7, 11) is -3.50.